The second-order valence-electron chi connectivity index (χ2n) is 6.09. The van der Waals surface area contributed by atoms with E-state index in [0.29, 0.717) is 13.0 Å². The summed E-state index contributed by atoms with van der Waals surface area (Å²) in [4.78, 5) is 18.5. The number of guanidine groups is 1. The van der Waals surface area contributed by atoms with Gasteiger partial charge in [0.05, 0.1) is 0 Å². The molecule has 5 nitrogen and oxygen atoms in total. The largest absolute Gasteiger partial charge is 0.462 e. The van der Waals surface area contributed by atoms with Crippen LogP contribution in [0.1, 0.15) is 58.3 Å². The van der Waals surface area contributed by atoms with Crippen molar-refractivity contribution < 1.29 is 9.53 Å². The van der Waals surface area contributed by atoms with Crippen LogP contribution in [0.3, 0.4) is 0 Å². The van der Waals surface area contributed by atoms with Crippen LogP contribution < -0.4 is 5.32 Å². The molecule has 23 heavy (non-hydrogen) atoms. The lowest BCUT2D eigenvalue weighted by Gasteiger charge is -2.21. The van der Waals surface area contributed by atoms with Gasteiger partial charge in [0.15, 0.2) is 5.96 Å². The number of aliphatic imine (C=N–C) groups is 1. The van der Waals surface area contributed by atoms with E-state index in [-0.39, 0.29) is 12.1 Å². The van der Waals surface area contributed by atoms with Crippen molar-refractivity contribution >= 4 is 11.9 Å². The number of unbranched alkanes of at least 4 members (excludes halogenated alkanes) is 1. The highest BCUT2D eigenvalue weighted by molar-refractivity contribution is 5.79. The Labute approximate surface area is 141 Å². The summed E-state index contributed by atoms with van der Waals surface area (Å²) in [5, 5.41) is 3.29. The average molecular weight is 323 g/mol. The van der Waals surface area contributed by atoms with E-state index in [0.717, 1.165) is 51.2 Å². The fourth-order valence-corrected chi connectivity index (χ4v) is 2.71. The number of esters is 1. The molecule has 0 heterocycles. The fraction of sp³-hybridized carbons (Fsp3) is 0.778. The van der Waals surface area contributed by atoms with E-state index in [1.807, 2.05) is 13.1 Å². The number of rotatable bonds is 10. The van der Waals surface area contributed by atoms with Gasteiger partial charge in [0.2, 0.25) is 0 Å². The Balaban J connectivity index is 2.26. The number of carbonyl (C=O) groups is 1. The van der Waals surface area contributed by atoms with Gasteiger partial charge in [-0.3, -0.25) is 9.79 Å². The first-order valence-electron chi connectivity index (χ1n) is 8.97. The molecule has 1 N–H and O–H groups in total. The Kier molecular flexibility index (Phi) is 10.2. The number of carbonyl (C=O) groups excluding carboxylic acids is 1. The molecular weight excluding hydrogens is 290 g/mol. The van der Waals surface area contributed by atoms with E-state index in [1.54, 1.807) is 0 Å². The van der Waals surface area contributed by atoms with E-state index in [9.17, 15) is 4.79 Å². The van der Waals surface area contributed by atoms with Crippen LogP contribution in [0, 0.1) is 0 Å². The minimum absolute atomic E-state index is 0.0727. The van der Waals surface area contributed by atoms with Crippen LogP contribution >= 0.6 is 0 Å². The lowest BCUT2D eigenvalue weighted by atomic mass is 10.3. The molecule has 0 radical (unpaired) electrons. The van der Waals surface area contributed by atoms with Gasteiger partial charge in [0, 0.05) is 33.1 Å². The van der Waals surface area contributed by atoms with Crippen LogP contribution in [0.25, 0.3) is 0 Å². The van der Waals surface area contributed by atoms with E-state index in [2.05, 4.69) is 28.7 Å². The zero-order valence-electron chi connectivity index (χ0n) is 14.9. The lowest BCUT2D eigenvalue weighted by Crippen LogP contribution is -2.39. The van der Waals surface area contributed by atoms with Gasteiger partial charge in [0.1, 0.15) is 6.10 Å². The molecule has 1 aliphatic carbocycles. The maximum atomic E-state index is 11.8. The number of hydrogen-bond donors (Lipinski definition) is 1. The maximum Gasteiger partial charge on any atom is 0.306 e. The third kappa shape index (κ3) is 8.62. The molecule has 0 spiro atoms. The number of nitrogens with one attached hydrogen (secondary N) is 1. The zero-order chi connectivity index (χ0) is 16.9. The average Bonchev–Trinajstić information content (AvgIpc) is 3.03. The van der Waals surface area contributed by atoms with Crippen molar-refractivity contribution in [2.45, 2.75) is 64.4 Å². The number of nitrogens with zero attached hydrogens (tertiary/aromatic N) is 2. The molecule has 132 valence electrons. The van der Waals surface area contributed by atoms with Crippen molar-refractivity contribution in [3.8, 4) is 0 Å². The first-order chi connectivity index (χ1) is 11.2. The van der Waals surface area contributed by atoms with Gasteiger partial charge in [-0.1, -0.05) is 6.08 Å². The van der Waals surface area contributed by atoms with E-state index in [1.165, 1.54) is 12.8 Å². The number of allylic oxidation sites excluding steroid dienone is 1. The summed E-state index contributed by atoms with van der Waals surface area (Å²) >= 11 is 0. The third-order valence-electron chi connectivity index (χ3n) is 4.00. The van der Waals surface area contributed by atoms with Crippen molar-refractivity contribution in [3.63, 3.8) is 0 Å². The molecule has 0 unspecified atom stereocenters. The zero-order valence-corrected chi connectivity index (χ0v) is 14.9. The highest BCUT2D eigenvalue weighted by atomic mass is 16.5. The predicted octanol–water partition coefficient (Wildman–Crippen LogP) is 3.12. The smallest absolute Gasteiger partial charge is 0.306 e. The van der Waals surface area contributed by atoms with Crippen LogP contribution in [0.15, 0.2) is 17.6 Å². The van der Waals surface area contributed by atoms with Crippen molar-refractivity contribution in [3.05, 3.63) is 12.7 Å². The predicted molar refractivity (Wildman–Crippen MR) is 95.6 cm³/mol. The van der Waals surface area contributed by atoms with Crippen molar-refractivity contribution in [1.29, 1.82) is 0 Å². The molecule has 0 amide bonds. The lowest BCUT2D eigenvalue weighted by molar-refractivity contribution is -0.148. The van der Waals surface area contributed by atoms with Gasteiger partial charge < -0.3 is 15.0 Å². The highest BCUT2D eigenvalue weighted by Gasteiger charge is 2.18. The summed E-state index contributed by atoms with van der Waals surface area (Å²) in [6.07, 6.45) is 9.81. The molecule has 1 aliphatic rings. The first kappa shape index (κ1) is 19.5. The maximum absolute atomic E-state index is 11.8. The highest BCUT2D eigenvalue weighted by Crippen LogP contribution is 2.21. The normalized spacial score (nSPS) is 15.5. The van der Waals surface area contributed by atoms with E-state index < -0.39 is 0 Å². The Morgan fingerprint density at radius 2 is 2.13 bits per heavy atom. The molecule has 0 aromatic heterocycles. The molecule has 0 saturated heterocycles. The molecule has 0 aromatic rings. The number of ether oxygens (including phenoxy) is 1. The first-order valence-corrected chi connectivity index (χ1v) is 8.97. The van der Waals surface area contributed by atoms with Crippen LogP contribution in [-0.2, 0) is 9.53 Å². The summed E-state index contributed by atoms with van der Waals surface area (Å²) in [6.45, 7) is 8.24. The molecule has 1 saturated carbocycles. The molecular formula is C18H33N3O2. The van der Waals surface area contributed by atoms with E-state index in [4.69, 9.17) is 4.74 Å². The standard InChI is InChI=1S/C18H33N3O2/c1-4-6-9-15-21(3)18(19-5-2)20-14-10-13-17(22)23-16-11-7-8-12-16/h4,16H,1,5-15H2,2-3H3,(H,19,20). The van der Waals surface area contributed by atoms with Gasteiger partial charge in [-0.25, -0.2) is 0 Å². The molecule has 0 aromatic carbocycles. The summed E-state index contributed by atoms with van der Waals surface area (Å²) in [5.74, 6) is 0.831. The third-order valence-corrected chi connectivity index (χ3v) is 4.00. The quantitative estimate of drug-likeness (QED) is 0.221. The van der Waals surface area contributed by atoms with Gasteiger partial charge in [0.25, 0.3) is 0 Å². The fourth-order valence-electron chi connectivity index (χ4n) is 2.71. The SMILES string of the molecule is C=CCCCN(C)C(=NCCCC(=O)OC1CCCC1)NCC. The molecule has 0 aliphatic heterocycles. The monoisotopic (exact) mass is 323 g/mol. The number of hydrogen-bond acceptors (Lipinski definition) is 3. The summed E-state index contributed by atoms with van der Waals surface area (Å²) in [6, 6.07) is 0. The van der Waals surface area contributed by atoms with Crippen LogP contribution in [0.2, 0.25) is 0 Å². The van der Waals surface area contributed by atoms with Gasteiger partial charge >= 0.3 is 5.97 Å². The molecule has 1 fully saturated rings. The second kappa shape index (κ2) is 12.0. The summed E-state index contributed by atoms with van der Waals surface area (Å²) < 4.78 is 5.46. The van der Waals surface area contributed by atoms with E-state index >= 15 is 0 Å². The van der Waals surface area contributed by atoms with Gasteiger partial charge in [-0.05, 0) is 51.9 Å². The second-order valence-corrected chi connectivity index (χ2v) is 6.09. The minimum atomic E-state index is -0.0727. The van der Waals surface area contributed by atoms with Gasteiger partial charge in [-0.15, -0.1) is 6.58 Å². The molecule has 1 rings (SSSR count). The Morgan fingerprint density at radius 1 is 1.39 bits per heavy atom. The summed E-state index contributed by atoms with van der Waals surface area (Å²) in [5.41, 5.74) is 0. The molecule has 0 atom stereocenters. The van der Waals surface area contributed by atoms with Crippen LogP contribution in [0.5, 0.6) is 0 Å². The molecule has 0 bridgehead atoms. The Morgan fingerprint density at radius 3 is 2.78 bits per heavy atom. The van der Waals surface area contributed by atoms with Gasteiger partial charge in [-0.2, -0.15) is 0 Å². The Bertz CT molecular complexity index is 376. The minimum Gasteiger partial charge on any atom is -0.462 e. The van der Waals surface area contributed by atoms with Crippen molar-refractivity contribution in [2.75, 3.05) is 26.7 Å². The molecule has 5 heteroatoms. The van der Waals surface area contributed by atoms with Crippen molar-refractivity contribution in [1.82, 2.24) is 10.2 Å². The Hall–Kier alpha value is -1.52. The van der Waals surface area contributed by atoms with Crippen LogP contribution in [-0.4, -0.2) is 49.6 Å². The summed E-state index contributed by atoms with van der Waals surface area (Å²) in [7, 11) is 2.04. The topological polar surface area (TPSA) is 53.9 Å². The van der Waals surface area contributed by atoms with Crippen LogP contribution in [0.4, 0.5) is 0 Å². The van der Waals surface area contributed by atoms with Crippen molar-refractivity contribution in [2.24, 2.45) is 4.99 Å².